The van der Waals surface area contributed by atoms with Gasteiger partial charge in [-0.15, -0.1) is 0 Å². The normalized spacial score (nSPS) is 24.1. The summed E-state index contributed by atoms with van der Waals surface area (Å²) < 4.78 is 8.17. The molecule has 244 valence electrons. The summed E-state index contributed by atoms with van der Waals surface area (Å²) in [5.41, 5.74) is 14.1. The molecule has 2 aromatic carbocycles. The van der Waals surface area contributed by atoms with Gasteiger partial charge >= 0.3 is 0 Å². The zero-order valence-corrected chi connectivity index (χ0v) is 26.9. The molecule has 0 bridgehead atoms. The van der Waals surface area contributed by atoms with Crippen molar-refractivity contribution in [2.45, 2.75) is 108 Å². The van der Waals surface area contributed by atoms with Crippen molar-refractivity contribution in [2.24, 2.45) is 11.7 Å². The number of phenols is 1. The molecule has 0 radical (unpaired) electrons. The fourth-order valence-corrected chi connectivity index (χ4v) is 8.84. The summed E-state index contributed by atoms with van der Waals surface area (Å²) in [5, 5.41) is 25.5. The monoisotopic (exact) mass is 624 g/mol. The smallest absolute Gasteiger partial charge is 0.165 e. The van der Waals surface area contributed by atoms with Gasteiger partial charge in [-0.1, -0.05) is 56.9 Å². The number of benzene rings is 2. The average Bonchev–Trinajstić information content (AvgIpc) is 3.77. The number of nitrogens with one attached hydrogen (secondary N) is 2. The number of nitrogens with two attached hydrogens (primary N) is 1. The van der Waals surface area contributed by atoms with Crippen LogP contribution >= 0.6 is 0 Å². The van der Waals surface area contributed by atoms with Crippen molar-refractivity contribution in [3.63, 3.8) is 0 Å². The number of nitrogens with zero attached hydrogens (tertiary/aromatic N) is 1. The average molecular weight is 625 g/mol. The number of Topliss-reactive ketones (excluding diaryl/α,β-unsaturated/α-hetero) is 1. The molecule has 2 aromatic heterocycles. The van der Waals surface area contributed by atoms with Crippen LogP contribution in [0.15, 0.2) is 55.0 Å². The van der Waals surface area contributed by atoms with Gasteiger partial charge in [-0.05, 0) is 83.9 Å². The van der Waals surface area contributed by atoms with Crippen LogP contribution in [0.3, 0.4) is 0 Å². The number of aromatic hydroxyl groups is 1. The molecule has 5 atom stereocenters. The molecular formula is C38H48N4O4. The number of fused-ring (bicyclic) bond motifs is 3. The topological polar surface area (TPSA) is 126 Å². The number of aliphatic hydroxyl groups is 1. The Hall–Kier alpha value is -3.59. The Morgan fingerprint density at radius 1 is 1.20 bits per heavy atom. The largest absolute Gasteiger partial charge is 0.504 e. The summed E-state index contributed by atoms with van der Waals surface area (Å²) >= 11 is 0. The van der Waals surface area contributed by atoms with Crippen molar-refractivity contribution in [3.05, 3.63) is 82.8 Å². The van der Waals surface area contributed by atoms with Gasteiger partial charge in [0.1, 0.15) is 5.78 Å². The highest BCUT2D eigenvalue weighted by Gasteiger charge is 2.53. The predicted molar refractivity (Wildman–Crippen MR) is 180 cm³/mol. The van der Waals surface area contributed by atoms with Crippen LogP contribution in [0.5, 0.6) is 11.5 Å². The standard InChI is InChI=1S/C38H48N4O4/c1-2-3-4-8-27(43)18-28(44)13-11-24-12-14-34(45)35(16-24)46-23-42-21-30-32(20-40-33(30)22-42)38-15-6-7-26(38)17-25-19-41-37(39)29-9-5-10-31(38)36(25)29/h5,9-10,12,14,16,20-22,25-27,37,40-41,43,45H,2-4,6-8,11,13,15,17-19,23,39H2,1H3/t25-,26+,27+,37-,38-/m0/s1. The van der Waals surface area contributed by atoms with Crippen molar-refractivity contribution < 1.29 is 19.7 Å². The fourth-order valence-electron chi connectivity index (χ4n) is 8.84. The number of carbonyl (C=O) groups excluding carboxylic acids is 1. The molecule has 3 heterocycles. The van der Waals surface area contributed by atoms with Gasteiger partial charge in [-0.2, -0.15) is 0 Å². The molecule has 3 aliphatic rings. The van der Waals surface area contributed by atoms with Crippen LogP contribution in [0.2, 0.25) is 0 Å². The third-order valence-corrected chi connectivity index (χ3v) is 11.1. The summed E-state index contributed by atoms with van der Waals surface area (Å²) in [5.74, 6) is 1.64. The lowest BCUT2D eigenvalue weighted by atomic mass is 9.57. The summed E-state index contributed by atoms with van der Waals surface area (Å²) in [4.78, 5) is 16.0. The van der Waals surface area contributed by atoms with Crippen LogP contribution < -0.4 is 15.8 Å². The molecule has 1 saturated carbocycles. The number of rotatable bonds is 13. The van der Waals surface area contributed by atoms with E-state index in [1.165, 1.54) is 46.9 Å². The lowest BCUT2D eigenvalue weighted by molar-refractivity contribution is -0.121. The van der Waals surface area contributed by atoms with Gasteiger partial charge in [0.05, 0.1) is 17.8 Å². The molecule has 46 heavy (non-hydrogen) atoms. The number of aliphatic hydroxyl groups excluding tert-OH is 1. The number of aromatic amines is 1. The Balaban J connectivity index is 1.07. The molecule has 2 aliphatic carbocycles. The predicted octanol–water partition coefficient (Wildman–Crippen LogP) is 6.68. The lowest BCUT2D eigenvalue weighted by Gasteiger charge is -2.48. The number of ketones is 1. The van der Waals surface area contributed by atoms with Crippen molar-refractivity contribution in [1.82, 2.24) is 14.9 Å². The van der Waals surface area contributed by atoms with Crippen molar-refractivity contribution >= 4 is 16.7 Å². The second-order valence-corrected chi connectivity index (χ2v) is 14.0. The highest BCUT2D eigenvalue weighted by atomic mass is 16.5. The molecule has 1 fully saturated rings. The van der Waals surface area contributed by atoms with Gasteiger partial charge in [0, 0.05) is 48.8 Å². The first-order valence-electron chi connectivity index (χ1n) is 17.3. The van der Waals surface area contributed by atoms with Crippen LogP contribution in [-0.2, 0) is 23.4 Å². The molecule has 1 aliphatic heterocycles. The van der Waals surface area contributed by atoms with E-state index in [-0.39, 0.29) is 36.3 Å². The molecule has 0 unspecified atom stereocenters. The highest BCUT2D eigenvalue weighted by Crippen LogP contribution is 2.60. The van der Waals surface area contributed by atoms with E-state index in [4.69, 9.17) is 10.5 Å². The molecule has 8 nitrogen and oxygen atoms in total. The number of unbranched alkanes of at least 4 members (excludes halogenated alkanes) is 2. The summed E-state index contributed by atoms with van der Waals surface area (Å²) in [6.07, 6.45) is 15.5. The minimum atomic E-state index is -0.561. The number of ether oxygens (including phenoxy) is 1. The Kier molecular flexibility index (Phi) is 8.70. The number of H-pyrrole nitrogens is 1. The molecular weight excluding hydrogens is 576 g/mol. The van der Waals surface area contributed by atoms with Crippen LogP contribution in [0.1, 0.15) is 111 Å². The zero-order chi connectivity index (χ0) is 31.8. The number of phenolic OH excluding ortho intramolecular Hbond substituents is 1. The van der Waals surface area contributed by atoms with Gasteiger partial charge in [0.2, 0.25) is 0 Å². The van der Waals surface area contributed by atoms with E-state index in [1.807, 2.05) is 16.7 Å². The Morgan fingerprint density at radius 2 is 2.09 bits per heavy atom. The van der Waals surface area contributed by atoms with E-state index in [2.05, 4.69) is 54.0 Å². The SMILES string of the molecule is CCCCC[C@@H](O)CC(=O)CCc1ccc(O)c(OCn2cc3[nH]cc([C@@]45CCC[C@@H]4C[C@H]4CN[C@H](N)c6cccc5c64)c3c2)c1. The van der Waals surface area contributed by atoms with Gasteiger partial charge < -0.3 is 30.2 Å². The number of aryl methyl sites for hydroxylation is 1. The summed E-state index contributed by atoms with van der Waals surface area (Å²) in [6, 6.07) is 12.0. The van der Waals surface area contributed by atoms with Crippen molar-refractivity contribution in [3.8, 4) is 11.5 Å². The number of hydrogen-bond donors (Lipinski definition) is 5. The maximum absolute atomic E-state index is 12.5. The molecule has 0 spiro atoms. The fraction of sp³-hybridized carbons (Fsp3) is 0.500. The number of carbonyl (C=O) groups is 1. The second kappa shape index (κ2) is 12.9. The third-order valence-electron chi connectivity index (χ3n) is 11.1. The Morgan fingerprint density at radius 3 is 2.96 bits per heavy atom. The van der Waals surface area contributed by atoms with Crippen LogP contribution in [0.25, 0.3) is 10.9 Å². The maximum Gasteiger partial charge on any atom is 0.165 e. The first-order chi connectivity index (χ1) is 22.4. The quantitative estimate of drug-likeness (QED) is 0.106. The third kappa shape index (κ3) is 5.65. The van der Waals surface area contributed by atoms with E-state index < -0.39 is 6.10 Å². The molecule has 6 N–H and O–H groups in total. The first kappa shape index (κ1) is 31.0. The molecule has 7 rings (SSSR count). The van der Waals surface area contributed by atoms with Crippen LogP contribution in [-0.4, -0.2) is 38.2 Å². The van der Waals surface area contributed by atoms with Crippen molar-refractivity contribution in [1.29, 1.82) is 0 Å². The summed E-state index contributed by atoms with van der Waals surface area (Å²) in [7, 11) is 0. The number of aromatic nitrogens is 2. The van der Waals surface area contributed by atoms with E-state index >= 15 is 0 Å². The minimum Gasteiger partial charge on any atom is -0.504 e. The van der Waals surface area contributed by atoms with E-state index in [0.717, 1.165) is 43.3 Å². The summed E-state index contributed by atoms with van der Waals surface area (Å²) in [6.45, 7) is 3.32. The number of hydrogen-bond acceptors (Lipinski definition) is 6. The van der Waals surface area contributed by atoms with Gasteiger partial charge in [-0.3, -0.25) is 10.1 Å². The lowest BCUT2D eigenvalue weighted by Crippen LogP contribution is -2.46. The van der Waals surface area contributed by atoms with Gasteiger partial charge in [-0.25, -0.2) is 0 Å². The van der Waals surface area contributed by atoms with Crippen LogP contribution in [0, 0.1) is 5.92 Å². The second-order valence-electron chi connectivity index (χ2n) is 14.0. The van der Waals surface area contributed by atoms with E-state index in [9.17, 15) is 15.0 Å². The molecule has 4 aromatic rings. The van der Waals surface area contributed by atoms with E-state index in [0.29, 0.717) is 36.8 Å². The maximum atomic E-state index is 12.5. The van der Waals surface area contributed by atoms with Gasteiger partial charge in [0.25, 0.3) is 0 Å². The molecule has 0 amide bonds. The van der Waals surface area contributed by atoms with Crippen LogP contribution in [0.4, 0.5) is 0 Å². The Bertz CT molecular complexity index is 1710. The zero-order valence-electron chi connectivity index (χ0n) is 26.9. The minimum absolute atomic E-state index is 0.0280. The van der Waals surface area contributed by atoms with E-state index in [1.54, 1.807) is 6.07 Å². The van der Waals surface area contributed by atoms with Crippen molar-refractivity contribution in [2.75, 3.05) is 6.54 Å². The Labute approximate surface area is 271 Å². The first-order valence-corrected chi connectivity index (χ1v) is 17.3. The highest BCUT2D eigenvalue weighted by molar-refractivity contribution is 5.85. The molecule has 8 heteroatoms. The van der Waals surface area contributed by atoms with Gasteiger partial charge in [0.15, 0.2) is 18.2 Å². The molecule has 0 saturated heterocycles.